The number of aliphatic carboxylic acids is 1. The molecular formula is C12H17NO2. The molecule has 0 spiro atoms. The molecule has 0 amide bonds. The van der Waals surface area contributed by atoms with Crippen molar-refractivity contribution >= 4 is 5.97 Å². The Bertz CT molecular complexity index is 306. The Morgan fingerprint density at radius 2 is 1.93 bits per heavy atom. The van der Waals surface area contributed by atoms with Gasteiger partial charge in [0, 0.05) is 6.54 Å². The molecule has 0 saturated carbocycles. The molecule has 15 heavy (non-hydrogen) atoms. The van der Waals surface area contributed by atoms with Crippen molar-refractivity contribution < 1.29 is 9.90 Å². The lowest BCUT2D eigenvalue weighted by Gasteiger charge is -2.03. The van der Waals surface area contributed by atoms with Gasteiger partial charge in [0.25, 0.3) is 0 Å². The van der Waals surface area contributed by atoms with Crippen LogP contribution in [0.2, 0.25) is 0 Å². The van der Waals surface area contributed by atoms with E-state index in [-0.39, 0.29) is 6.42 Å². The van der Waals surface area contributed by atoms with Gasteiger partial charge in [0.05, 0.1) is 6.42 Å². The maximum absolute atomic E-state index is 10.2. The summed E-state index contributed by atoms with van der Waals surface area (Å²) in [4.78, 5) is 10.2. The minimum Gasteiger partial charge on any atom is -0.481 e. The van der Waals surface area contributed by atoms with Crippen LogP contribution in [-0.2, 0) is 11.2 Å². The topological polar surface area (TPSA) is 49.3 Å². The van der Waals surface area contributed by atoms with Crippen LogP contribution in [-0.4, -0.2) is 24.2 Å². The van der Waals surface area contributed by atoms with Crippen LogP contribution in [0.4, 0.5) is 0 Å². The Labute approximate surface area is 90.1 Å². The van der Waals surface area contributed by atoms with Crippen LogP contribution >= 0.6 is 0 Å². The Balaban J connectivity index is 2.15. The molecule has 0 aliphatic carbocycles. The summed E-state index contributed by atoms with van der Waals surface area (Å²) in [6.07, 6.45) is 1.13. The van der Waals surface area contributed by atoms with E-state index in [0.29, 0.717) is 6.54 Å². The molecule has 82 valence electrons. The van der Waals surface area contributed by atoms with Crippen LogP contribution in [0.1, 0.15) is 17.5 Å². The van der Waals surface area contributed by atoms with E-state index in [9.17, 15) is 4.79 Å². The lowest BCUT2D eigenvalue weighted by molar-refractivity contribution is -0.136. The molecule has 0 heterocycles. The van der Waals surface area contributed by atoms with Gasteiger partial charge in [-0.1, -0.05) is 29.8 Å². The van der Waals surface area contributed by atoms with E-state index in [4.69, 9.17) is 5.11 Å². The number of hydrogen-bond donors (Lipinski definition) is 2. The summed E-state index contributed by atoms with van der Waals surface area (Å²) in [5.41, 5.74) is 2.54. The number of nitrogens with one attached hydrogen (secondary N) is 1. The molecule has 3 heteroatoms. The second-order valence-electron chi connectivity index (χ2n) is 3.63. The van der Waals surface area contributed by atoms with Crippen LogP contribution in [0.5, 0.6) is 0 Å². The first-order valence-electron chi connectivity index (χ1n) is 5.16. The van der Waals surface area contributed by atoms with Crippen LogP contribution in [0.3, 0.4) is 0 Å². The van der Waals surface area contributed by atoms with Crippen LogP contribution in [0, 0.1) is 6.92 Å². The molecule has 1 aromatic carbocycles. The van der Waals surface area contributed by atoms with Gasteiger partial charge < -0.3 is 10.4 Å². The first kappa shape index (κ1) is 11.7. The van der Waals surface area contributed by atoms with Crippen molar-refractivity contribution in [3.05, 3.63) is 35.4 Å². The van der Waals surface area contributed by atoms with Gasteiger partial charge in [-0.05, 0) is 25.5 Å². The molecule has 0 radical (unpaired) electrons. The molecule has 0 bridgehead atoms. The van der Waals surface area contributed by atoms with Gasteiger partial charge in [-0.15, -0.1) is 0 Å². The van der Waals surface area contributed by atoms with Crippen molar-refractivity contribution in [2.75, 3.05) is 13.1 Å². The van der Waals surface area contributed by atoms with Crippen LogP contribution in [0.15, 0.2) is 24.3 Å². The average Bonchev–Trinajstić information content (AvgIpc) is 2.20. The highest BCUT2D eigenvalue weighted by atomic mass is 16.4. The number of carboxylic acid groups (broad SMARTS) is 1. The smallest absolute Gasteiger partial charge is 0.304 e. The Kier molecular flexibility index (Phi) is 4.84. The van der Waals surface area contributed by atoms with Crippen LogP contribution in [0.25, 0.3) is 0 Å². The fourth-order valence-corrected chi connectivity index (χ4v) is 1.31. The number of rotatable bonds is 6. The zero-order valence-electron chi connectivity index (χ0n) is 8.99. The van der Waals surface area contributed by atoms with Gasteiger partial charge >= 0.3 is 5.97 Å². The zero-order chi connectivity index (χ0) is 11.1. The molecule has 0 atom stereocenters. The van der Waals surface area contributed by atoms with Gasteiger partial charge in [-0.3, -0.25) is 4.79 Å². The lowest BCUT2D eigenvalue weighted by Crippen LogP contribution is -2.20. The molecule has 2 N–H and O–H groups in total. The van der Waals surface area contributed by atoms with Gasteiger partial charge in [-0.2, -0.15) is 0 Å². The first-order chi connectivity index (χ1) is 7.18. The number of hydrogen-bond acceptors (Lipinski definition) is 2. The number of benzene rings is 1. The maximum Gasteiger partial charge on any atom is 0.304 e. The first-order valence-corrected chi connectivity index (χ1v) is 5.16. The Morgan fingerprint density at radius 3 is 2.53 bits per heavy atom. The molecular weight excluding hydrogens is 190 g/mol. The minimum absolute atomic E-state index is 0.188. The van der Waals surface area contributed by atoms with Crippen molar-refractivity contribution in [1.29, 1.82) is 0 Å². The largest absolute Gasteiger partial charge is 0.481 e. The molecule has 0 aromatic heterocycles. The summed E-state index contributed by atoms with van der Waals surface area (Å²) in [5.74, 6) is -0.752. The third kappa shape index (κ3) is 5.18. The second-order valence-corrected chi connectivity index (χ2v) is 3.63. The predicted molar refractivity (Wildman–Crippen MR) is 60.0 cm³/mol. The molecule has 0 saturated heterocycles. The van der Waals surface area contributed by atoms with Crippen molar-refractivity contribution in [3.63, 3.8) is 0 Å². The third-order valence-electron chi connectivity index (χ3n) is 2.23. The zero-order valence-corrected chi connectivity index (χ0v) is 8.99. The quantitative estimate of drug-likeness (QED) is 0.697. The van der Waals surface area contributed by atoms with E-state index in [2.05, 4.69) is 36.5 Å². The Hall–Kier alpha value is -1.35. The van der Waals surface area contributed by atoms with Crippen molar-refractivity contribution in [2.45, 2.75) is 19.8 Å². The fourth-order valence-electron chi connectivity index (χ4n) is 1.31. The van der Waals surface area contributed by atoms with Crippen LogP contribution < -0.4 is 5.32 Å². The molecule has 0 aliphatic heterocycles. The van der Waals surface area contributed by atoms with Gasteiger partial charge in [-0.25, -0.2) is 0 Å². The monoisotopic (exact) mass is 207 g/mol. The molecule has 0 fully saturated rings. The van der Waals surface area contributed by atoms with E-state index in [0.717, 1.165) is 13.0 Å². The maximum atomic E-state index is 10.2. The van der Waals surface area contributed by atoms with Gasteiger partial charge in [0.15, 0.2) is 0 Å². The van der Waals surface area contributed by atoms with Crippen molar-refractivity contribution in [2.24, 2.45) is 0 Å². The van der Waals surface area contributed by atoms with Crippen molar-refractivity contribution in [1.82, 2.24) is 5.32 Å². The summed E-state index contributed by atoms with van der Waals surface area (Å²) in [7, 11) is 0. The van der Waals surface area contributed by atoms with E-state index < -0.39 is 5.97 Å². The fraction of sp³-hybridized carbons (Fsp3) is 0.417. The second kappa shape index (κ2) is 6.19. The minimum atomic E-state index is -0.752. The normalized spacial score (nSPS) is 10.2. The van der Waals surface area contributed by atoms with Gasteiger partial charge in [0.2, 0.25) is 0 Å². The standard InChI is InChI=1S/C12H17NO2/c1-10-2-4-11(5-3-10)6-8-13-9-7-12(14)15/h2-5,13H,6-9H2,1H3,(H,14,15). The molecule has 3 nitrogen and oxygen atoms in total. The summed E-state index contributed by atoms with van der Waals surface area (Å²) in [6.45, 7) is 3.44. The summed E-state index contributed by atoms with van der Waals surface area (Å²) >= 11 is 0. The number of carboxylic acids is 1. The number of aryl methyl sites for hydroxylation is 1. The lowest BCUT2D eigenvalue weighted by atomic mass is 10.1. The molecule has 1 aromatic rings. The van der Waals surface area contributed by atoms with E-state index in [1.54, 1.807) is 0 Å². The molecule has 1 rings (SSSR count). The van der Waals surface area contributed by atoms with E-state index in [1.807, 2.05) is 0 Å². The Morgan fingerprint density at radius 1 is 1.27 bits per heavy atom. The van der Waals surface area contributed by atoms with Crippen molar-refractivity contribution in [3.8, 4) is 0 Å². The summed E-state index contributed by atoms with van der Waals surface area (Å²) in [5, 5.41) is 11.5. The highest BCUT2D eigenvalue weighted by Crippen LogP contribution is 2.02. The molecule has 0 aliphatic rings. The number of carbonyl (C=O) groups is 1. The highest BCUT2D eigenvalue weighted by molar-refractivity contribution is 5.66. The third-order valence-corrected chi connectivity index (χ3v) is 2.23. The average molecular weight is 207 g/mol. The van der Waals surface area contributed by atoms with Gasteiger partial charge in [0.1, 0.15) is 0 Å². The van der Waals surface area contributed by atoms with E-state index >= 15 is 0 Å². The predicted octanol–water partition coefficient (Wildman–Crippen LogP) is 1.60. The highest BCUT2D eigenvalue weighted by Gasteiger charge is 1.96. The van der Waals surface area contributed by atoms with E-state index in [1.165, 1.54) is 11.1 Å². The summed E-state index contributed by atoms with van der Waals surface area (Å²) < 4.78 is 0. The molecule has 0 unspecified atom stereocenters. The summed E-state index contributed by atoms with van der Waals surface area (Å²) in [6, 6.07) is 8.39. The SMILES string of the molecule is Cc1ccc(CCNCCC(=O)O)cc1.